The summed E-state index contributed by atoms with van der Waals surface area (Å²) in [7, 11) is 0. The fraction of sp³-hybridized carbons (Fsp3) is 0.167. The topological polar surface area (TPSA) is 91.2 Å². The van der Waals surface area contributed by atoms with Crippen LogP contribution in [0.15, 0.2) is 48.8 Å². The third-order valence-electron chi connectivity index (χ3n) is 3.73. The number of nitrogens with zero attached hydrogens (tertiary/aromatic N) is 2. The Morgan fingerprint density at radius 2 is 2.00 bits per heavy atom. The molecule has 0 radical (unpaired) electrons. The molecule has 0 fully saturated rings. The van der Waals surface area contributed by atoms with Crippen molar-refractivity contribution >= 4 is 23.2 Å². The van der Waals surface area contributed by atoms with Crippen LogP contribution < -0.4 is 14.8 Å². The highest BCUT2D eigenvalue weighted by atomic mass is 16.6. The first-order valence-electron chi connectivity index (χ1n) is 7.99. The van der Waals surface area contributed by atoms with Gasteiger partial charge in [-0.3, -0.25) is 4.79 Å². The monoisotopic (exact) mass is 353 g/mol. The number of hydrogen-bond donors (Lipinski definition) is 1. The lowest BCUT2D eigenvalue weighted by molar-refractivity contribution is -0.119. The van der Waals surface area contributed by atoms with E-state index < -0.39 is 18.5 Å². The maximum atomic E-state index is 12.0. The zero-order valence-electron chi connectivity index (χ0n) is 13.7. The molecule has 2 aromatic heterocycles. The Hall–Kier alpha value is -3.55. The van der Waals surface area contributed by atoms with Gasteiger partial charge in [-0.05, 0) is 24.3 Å². The van der Waals surface area contributed by atoms with E-state index in [2.05, 4.69) is 10.3 Å². The lowest BCUT2D eigenvalue weighted by Gasteiger charge is -2.18. The summed E-state index contributed by atoms with van der Waals surface area (Å²) in [5.41, 5.74) is 1.30. The molecular weight excluding hydrogens is 338 g/mol. The molecule has 1 amide bonds. The molecule has 1 aromatic carbocycles. The number of anilines is 1. The largest absolute Gasteiger partial charge is 0.486 e. The van der Waals surface area contributed by atoms with Crippen molar-refractivity contribution in [2.75, 3.05) is 25.1 Å². The van der Waals surface area contributed by atoms with Crippen molar-refractivity contribution in [2.45, 2.75) is 0 Å². The minimum atomic E-state index is -0.661. The summed E-state index contributed by atoms with van der Waals surface area (Å²) in [6.45, 7) is 0.542. The molecule has 132 valence electrons. The van der Waals surface area contributed by atoms with Gasteiger partial charge in [-0.2, -0.15) is 0 Å². The average Bonchev–Trinajstić information content (AvgIpc) is 3.10. The number of fused-ring (bicyclic) bond motifs is 2. The van der Waals surface area contributed by atoms with E-state index in [4.69, 9.17) is 14.2 Å². The van der Waals surface area contributed by atoms with E-state index in [0.29, 0.717) is 36.0 Å². The Morgan fingerprint density at radius 1 is 1.15 bits per heavy atom. The molecule has 3 heterocycles. The highest BCUT2D eigenvalue weighted by Crippen LogP contribution is 2.32. The zero-order chi connectivity index (χ0) is 17.9. The highest BCUT2D eigenvalue weighted by Gasteiger charge is 2.16. The molecule has 3 aromatic rings. The SMILES string of the molecule is O=C(COC(=O)c1cn2ccccc2n1)Nc1ccc2c(c1)OCCO2. The summed E-state index contributed by atoms with van der Waals surface area (Å²) >= 11 is 0. The Labute approximate surface area is 148 Å². The number of imidazole rings is 1. The molecule has 0 unspecified atom stereocenters. The minimum absolute atomic E-state index is 0.142. The molecule has 0 bridgehead atoms. The van der Waals surface area contributed by atoms with Crippen molar-refractivity contribution in [1.29, 1.82) is 0 Å². The molecule has 8 nitrogen and oxygen atoms in total. The zero-order valence-corrected chi connectivity index (χ0v) is 13.7. The van der Waals surface area contributed by atoms with Gasteiger partial charge in [-0.1, -0.05) is 6.07 Å². The van der Waals surface area contributed by atoms with E-state index in [1.54, 1.807) is 41.1 Å². The van der Waals surface area contributed by atoms with Crippen molar-refractivity contribution < 1.29 is 23.8 Å². The van der Waals surface area contributed by atoms with Gasteiger partial charge < -0.3 is 23.9 Å². The molecule has 1 aliphatic heterocycles. The Bertz CT molecular complexity index is 949. The third-order valence-corrected chi connectivity index (χ3v) is 3.73. The number of aromatic nitrogens is 2. The van der Waals surface area contributed by atoms with Crippen molar-refractivity contribution in [3.05, 3.63) is 54.5 Å². The fourth-order valence-corrected chi connectivity index (χ4v) is 2.56. The number of pyridine rings is 1. The van der Waals surface area contributed by atoms with E-state index in [-0.39, 0.29) is 5.69 Å². The summed E-state index contributed by atoms with van der Waals surface area (Å²) in [6, 6.07) is 10.5. The molecule has 8 heteroatoms. The maximum Gasteiger partial charge on any atom is 0.359 e. The number of carbonyl (C=O) groups excluding carboxylic acids is 2. The maximum absolute atomic E-state index is 12.0. The van der Waals surface area contributed by atoms with Gasteiger partial charge in [0.1, 0.15) is 18.9 Å². The number of rotatable bonds is 4. The second-order valence-corrected chi connectivity index (χ2v) is 5.57. The molecule has 0 aliphatic carbocycles. The van der Waals surface area contributed by atoms with E-state index >= 15 is 0 Å². The van der Waals surface area contributed by atoms with Crippen LogP contribution in [0.4, 0.5) is 5.69 Å². The molecule has 0 spiro atoms. The van der Waals surface area contributed by atoms with E-state index in [9.17, 15) is 9.59 Å². The predicted octanol–water partition coefficient (Wildman–Crippen LogP) is 1.90. The van der Waals surface area contributed by atoms with Crippen LogP contribution in [0, 0.1) is 0 Å². The smallest absolute Gasteiger partial charge is 0.359 e. The minimum Gasteiger partial charge on any atom is -0.486 e. The number of benzene rings is 1. The number of amides is 1. The molecule has 0 saturated heterocycles. The summed E-state index contributed by atoms with van der Waals surface area (Å²) in [4.78, 5) is 28.2. The molecule has 4 rings (SSSR count). The first kappa shape index (κ1) is 15.9. The summed E-state index contributed by atoms with van der Waals surface area (Å²) in [6.07, 6.45) is 3.32. The number of esters is 1. The van der Waals surface area contributed by atoms with Crippen molar-refractivity contribution in [1.82, 2.24) is 9.38 Å². The van der Waals surface area contributed by atoms with Gasteiger partial charge in [-0.15, -0.1) is 0 Å². The summed E-state index contributed by atoms with van der Waals surface area (Å²) in [5, 5.41) is 2.65. The first-order valence-corrected chi connectivity index (χ1v) is 7.99. The number of hydrogen-bond acceptors (Lipinski definition) is 6. The van der Waals surface area contributed by atoms with Crippen molar-refractivity contribution in [2.24, 2.45) is 0 Å². The average molecular weight is 353 g/mol. The van der Waals surface area contributed by atoms with Gasteiger partial charge in [0.2, 0.25) is 0 Å². The van der Waals surface area contributed by atoms with Gasteiger partial charge in [0.05, 0.1) is 0 Å². The van der Waals surface area contributed by atoms with Gasteiger partial charge in [0.15, 0.2) is 23.8 Å². The van der Waals surface area contributed by atoms with Crippen molar-refractivity contribution in [3.63, 3.8) is 0 Å². The van der Waals surface area contributed by atoms with Gasteiger partial charge in [0, 0.05) is 24.1 Å². The lowest BCUT2D eigenvalue weighted by Crippen LogP contribution is -2.21. The second kappa shape index (κ2) is 6.75. The van der Waals surface area contributed by atoms with E-state index in [1.165, 1.54) is 0 Å². The van der Waals surface area contributed by atoms with E-state index in [0.717, 1.165) is 0 Å². The van der Waals surface area contributed by atoms with Gasteiger partial charge >= 0.3 is 5.97 Å². The van der Waals surface area contributed by atoms with Crippen LogP contribution in [-0.2, 0) is 9.53 Å². The predicted molar refractivity (Wildman–Crippen MR) is 91.5 cm³/mol. The summed E-state index contributed by atoms with van der Waals surface area (Å²) in [5.74, 6) is 0.0769. The Kier molecular flexibility index (Phi) is 4.14. The van der Waals surface area contributed by atoms with Crippen molar-refractivity contribution in [3.8, 4) is 11.5 Å². The van der Waals surface area contributed by atoms with Crippen LogP contribution in [0.5, 0.6) is 11.5 Å². The van der Waals surface area contributed by atoms with Crippen LogP contribution in [0.1, 0.15) is 10.5 Å². The first-order chi connectivity index (χ1) is 12.7. The third kappa shape index (κ3) is 3.30. The van der Waals surface area contributed by atoms with Gasteiger partial charge in [-0.25, -0.2) is 9.78 Å². The van der Waals surface area contributed by atoms with Crippen LogP contribution in [0.2, 0.25) is 0 Å². The Balaban J connectivity index is 1.35. The molecular formula is C18H15N3O5. The standard InChI is InChI=1S/C18H15N3O5/c22-17(19-12-4-5-14-15(9-12)25-8-7-24-14)11-26-18(23)13-10-21-6-2-1-3-16(21)20-13/h1-6,9-10H,7-8,11H2,(H,19,22). The fourth-order valence-electron chi connectivity index (χ4n) is 2.56. The van der Waals surface area contributed by atoms with Crippen LogP contribution in [0.3, 0.4) is 0 Å². The Morgan fingerprint density at radius 3 is 2.85 bits per heavy atom. The lowest BCUT2D eigenvalue weighted by atomic mass is 10.2. The molecule has 0 saturated carbocycles. The normalized spacial score (nSPS) is 12.6. The number of ether oxygens (including phenoxy) is 3. The van der Waals surface area contributed by atoms with Gasteiger partial charge in [0.25, 0.3) is 5.91 Å². The second-order valence-electron chi connectivity index (χ2n) is 5.57. The van der Waals surface area contributed by atoms with Crippen LogP contribution >= 0.6 is 0 Å². The molecule has 1 aliphatic rings. The summed E-state index contributed by atoms with van der Waals surface area (Å²) < 4.78 is 17.6. The number of nitrogens with one attached hydrogen (secondary N) is 1. The molecule has 0 atom stereocenters. The molecule has 1 N–H and O–H groups in total. The highest BCUT2D eigenvalue weighted by molar-refractivity contribution is 5.95. The quantitative estimate of drug-likeness (QED) is 0.721. The van der Waals surface area contributed by atoms with E-state index in [1.807, 2.05) is 12.1 Å². The van der Waals surface area contributed by atoms with Crippen LogP contribution in [0.25, 0.3) is 5.65 Å². The number of carbonyl (C=O) groups is 2. The molecule has 26 heavy (non-hydrogen) atoms. The van der Waals surface area contributed by atoms with Crippen LogP contribution in [-0.4, -0.2) is 41.1 Å².